The van der Waals surface area contributed by atoms with Gasteiger partial charge in [-0.1, -0.05) is 38.1 Å². The number of benzene rings is 1. The lowest BCUT2D eigenvalue weighted by molar-refractivity contribution is -0.160. The molecule has 1 N–H and O–H groups in total. The maximum atomic E-state index is 12.4. The van der Waals surface area contributed by atoms with Crippen molar-refractivity contribution in [2.45, 2.75) is 73.0 Å². The largest absolute Gasteiger partial charge is 0.479 e. The normalized spacial score (nSPS) is 17.5. The summed E-state index contributed by atoms with van der Waals surface area (Å²) in [5.41, 5.74) is 5.20. The minimum Gasteiger partial charge on any atom is -0.479 e. The minimum absolute atomic E-state index is 0.287. The van der Waals surface area contributed by atoms with Gasteiger partial charge < -0.3 is 14.7 Å². The maximum Gasteiger partial charge on any atom is 0.337 e. The third-order valence-corrected chi connectivity index (χ3v) is 6.11. The van der Waals surface area contributed by atoms with Crippen molar-refractivity contribution < 1.29 is 14.6 Å². The molecule has 1 saturated heterocycles. The minimum atomic E-state index is -1.08. The van der Waals surface area contributed by atoms with E-state index in [9.17, 15) is 9.90 Å². The van der Waals surface area contributed by atoms with Gasteiger partial charge in [-0.3, -0.25) is 4.98 Å². The summed E-state index contributed by atoms with van der Waals surface area (Å²) in [7, 11) is 0. The van der Waals surface area contributed by atoms with Crippen LogP contribution in [0.15, 0.2) is 30.5 Å². The molecule has 2 aromatic rings. The highest BCUT2D eigenvalue weighted by Crippen LogP contribution is 2.43. The van der Waals surface area contributed by atoms with Crippen LogP contribution in [-0.4, -0.2) is 34.8 Å². The van der Waals surface area contributed by atoms with E-state index in [2.05, 4.69) is 42.8 Å². The van der Waals surface area contributed by atoms with E-state index in [1.54, 1.807) is 0 Å². The highest BCUT2D eigenvalue weighted by atomic mass is 16.5. The molecule has 168 valence electrons. The van der Waals surface area contributed by atoms with Gasteiger partial charge in [0, 0.05) is 36.1 Å². The Morgan fingerprint density at radius 1 is 1.13 bits per heavy atom. The Morgan fingerprint density at radius 2 is 1.74 bits per heavy atom. The topological polar surface area (TPSA) is 62.7 Å². The number of pyridine rings is 1. The zero-order valence-corrected chi connectivity index (χ0v) is 20.0. The van der Waals surface area contributed by atoms with E-state index in [-0.39, 0.29) is 5.41 Å². The fourth-order valence-corrected chi connectivity index (χ4v) is 4.26. The molecule has 1 aliphatic heterocycles. The number of ether oxygens (including phenoxy) is 1. The molecule has 0 bridgehead atoms. The number of aliphatic carboxylic acids is 1. The van der Waals surface area contributed by atoms with Gasteiger partial charge in [0.05, 0.1) is 11.3 Å². The van der Waals surface area contributed by atoms with Crippen LogP contribution in [0.2, 0.25) is 0 Å². The standard InChI is InChI=1S/C26H36N2O3/c1-17-10-8-9-11-19(17)20-16-27-18(2)21(23(24(29)30)31-25(3,4)5)22(20)28-14-12-26(6,7)13-15-28/h8-11,16,23H,12-15H2,1-7H3,(H,29,30)/t23-/m0/s1. The van der Waals surface area contributed by atoms with E-state index in [0.29, 0.717) is 11.3 Å². The van der Waals surface area contributed by atoms with Crippen molar-refractivity contribution in [2.24, 2.45) is 5.41 Å². The summed E-state index contributed by atoms with van der Waals surface area (Å²) in [4.78, 5) is 19.4. The van der Waals surface area contributed by atoms with Crippen LogP contribution >= 0.6 is 0 Å². The number of anilines is 1. The van der Waals surface area contributed by atoms with E-state index in [1.807, 2.05) is 46.0 Å². The van der Waals surface area contributed by atoms with E-state index in [0.717, 1.165) is 48.3 Å². The molecule has 1 aromatic heterocycles. The molecule has 0 spiro atoms. The summed E-state index contributed by atoms with van der Waals surface area (Å²) < 4.78 is 6.09. The molecular formula is C26H36N2O3. The molecule has 3 rings (SSSR count). The smallest absolute Gasteiger partial charge is 0.337 e. The van der Waals surface area contributed by atoms with Gasteiger partial charge in [-0.05, 0) is 64.0 Å². The van der Waals surface area contributed by atoms with Gasteiger partial charge in [0.15, 0.2) is 6.10 Å². The van der Waals surface area contributed by atoms with E-state index in [1.165, 1.54) is 0 Å². The van der Waals surface area contributed by atoms with Gasteiger partial charge in [-0.15, -0.1) is 0 Å². The number of piperidine rings is 1. The Labute approximate surface area is 186 Å². The number of hydrogen-bond donors (Lipinski definition) is 1. The quantitative estimate of drug-likeness (QED) is 0.644. The molecule has 2 heterocycles. The molecule has 1 fully saturated rings. The van der Waals surface area contributed by atoms with Crippen LogP contribution in [0.4, 0.5) is 5.69 Å². The van der Waals surface area contributed by atoms with Crippen LogP contribution in [0.3, 0.4) is 0 Å². The number of nitrogens with zero attached hydrogens (tertiary/aromatic N) is 2. The van der Waals surface area contributed by atoms with Gasteiger partial charge in [0.1, 0.15) is 0 Å². The van der Waals surface area contributed by atoms with Crippen LogP contribution in [0.1, 0.15) is 70.4 Å². The van der Waals surface area contributed by atoms with Gasteiger partial charge in [0.2, 0.25) is 0 Å². The third-order valence-electron chi connectivity index (χ3n) is 6.11. The Balaban J connectivity index is 2.25. The molecule has 1 atom stereocenters. The summed E-state index contributed by atoms with van der Waals surface area (Å²) in [5, 5.41) is 10.2. The number of rotatable bonds is 5. The van der Waals surface area contributed by atoms with Gasteiger partial charge >= 0.3 is 5.97 Å². The van der Waals surface area contributed by atoms with Gasteiger partial charge in [-0.25, -0.2) is 4.79 Å². The number of aromatic nitrogens is 1. The van der Waals surface area contributed by atoms with Crippen molar-refractivity contribution in [1.29, 1.82) is 0 Å². The second-order valence-corrected chi connectivity index (χ2v) is 10.4. The summed E-state index contributed by atoms with van der Waals surface area (Å²) >= 11 is 0. The molecular weight excluding hydrogens is 388 g/mol. The molecule has 5 nitrogen and oxygen atoms in total. The summed E-state index contributed by atoms with van der Waals surface area (Å²) in [6, 6.07) is 8.21. The van der Waals surface area contributed by atoms with Crippen molar-refractivity contribution in [1.82, 2.24) is 4.98 Å². The average molecular weight is 425 g/mol. The van der Waals surface area contributed by atoms with Crippen molar-refractivity contribution in [3.05, 3.63) is 47.3 Å². The number of hydrogen-bond acceptors (Lipinski definition) is 4. The molecule has 31 heavy (non-hydrogen) atoms. The van der Waals surface area contributed by atoms with Crippen molar-refractivity contribution >= 4 is 11.7 Å². The maximum absolute atomic E-state index is 12.4. The van der Waals surface area contributed by atoms with Crippen LogP contribution < -0.4 is 4.90 Å². The zero-order valence-electron chi connectivity index (χ0n) is 20.0. The molecule has 0 aliphatic carbocycles. The second kappa shape index (κ2) is 8.62. The van der Waals surface area contributed by atoms with E-state index in [4.69, 9.17) is 4.74 Å². The first-order chi connectivity index (χ1) is 14.4. The summed E-state index contributed by atoms with van der Waals surface area (Å²) in [6.45, 7) is 16.0. The van der Waals surface area contributed by atoms with Gasteiger partial charge in [-0.2, -0.15) is 0 Å². The predicted molar refractivity (Wildman–Crippen MR) is 126 cm³/mol. The number of aryl methyl sites for hydroxylation is 2. The van der Waals surface area contributed by atoms with Gasteiger partial charge in [0.25, 0.3) is 0 Å². The first-order valence-electron chi connectivity index (χ1n) is 11.1. The Kier molecular flexibility index (Phi) is 6.47. The highest BCUT2D eigenvalue weighted by molar-refractivity contribution is 5.87. The third kappa shape index (κ3) is 5.27. The zero-order chi connectivity index (χ0) is 23.0. The Bertz CT molecular complexity index is 950. The van der Waals surface area contributed by atoms with Crippen molar-refractivity contribution in [3.63, 3.8) is 0 Å². The van der Waals surface area contributed by atoms with Crippen LogP contribution in [-0.2, 0) is 9.53 Å². The molecule has 5 heteroatoms. The van der Waals surface area contributed by atoms with Crippen LogP contribution in [0, 0.1) is 19.3 Å². The fraction of sp³-hybridized carbons (Fsp3) is 0.538. The lowest BCUT2D eigenvalue weighted by Crippen LogP contribution is -2.39. The highest BCUT2D eigenvalue weighted by Gasteiger charge is 2.35. The second-order valence-electron chi connectivity index (χ2n) is 10.4. The summed E-state index contributed by atoms with van der Waals surface area (Å²) in [5.74, 6) is -0.986. The molecule has 0 saturated carbocycles. The monoisotopic (exact) mass is 424 g/mol. The molecule has 0 amide bonds. The summed E-state index contributed by atoms with van der Waals surface area (Å²) in [6.07, 6.45) is 2.92. The SMILES string of the molecule is Cc1ccccc1-c1cnc(C)c([C@H](OC(C)(C)C)C(=O)O)c1N1CCC(C)(C)CC1. The number of carbonyl (C=O) groups is 1. The van der Waals surface area contributed by atoms with Crippen molar-refractivity contribution in [3.8, 4) is 11.1 Å². The Morgan fingerprint density at radius 3 is 2.29 bits per heavy atom. The first kappa shape index (κ1) is 23.3. The number of carboxylic acids is 1. The fourth-order valence-electron chi connectivity index (χ4n) is 4.26. The molecule has 1 aliphatic rings. The Hall–Kier alpha value is -2.40. The predicted octanol–water partition coefficient (Wildman–Crippen LogP) is 5.93. The average Bonchev–Trinajstić information content (AvgIpc) is 2.66. The van der Waals surface area contributed by atoms with E-state index >= 15 is 0 Å². The van der Waals surface area contributed by atoms with Crippen LogP contribution in [0.5, 0.6) is 0 Å². The van der Waals surface area contributed by atoms with E-state index < -0.39 is 17.7 Å². The van der Waals surface area contributed by atoms with Crippen LogP contribution in [0.25, 0.3) is 11.1 Å². The lowest BCUT2D eigenvalue weighted by atomic mass is 9.82. The molecule has 0 unspecified atom stereocenters. The number of carboxylic acid groups (broad SMARTS) is 1. The first-order valence-corrected chi connectivity index (χ1v) is 11.1. The molecule has 1 aromatic carbocycles. The lowest BCUT2D eigenvalue weighted by Gasteiger charge is -2.41. The molecule has 0 radical (unpaired) electrons. The van der Waals surface area contributed by atoms with Crippen molar-refractivity contribution in [2.75, 3.05) is 18.0 Å².